The molecule has 0 radical (unpaired) electrons. The molecule has 0 aliphatic carbocycles. The highest BCUT2D eigenvalue weighted by atomic mass is 35.5. The number of rotatable bonds is 5. The topological polar surface area (TPSA) is 23.6 Å². The lowest BCUT2D eigenvalue weighted by atomic mass is 9.92. The second-order valence-electron chi connectivity index (χ2n) is 6.01. The van der Waals surface area contributed by atoms with Crippen LogP contribution in [0.25, 0.3) is 0 Å². The molecular weight excluding hydrogens is 248 g/mol. The number of carbonyl (C=O) groups is 1. The molecule has 0 bridgehead atoms. The highest BCUT2D eigenvalue weighted by Crippen LogP contribution is 2.24. The SMILES string of the molecule is CCCN1CCC(N(C)C(=O)C(C)(C)CCl)CC1. The van der Waals surface area contributed by atoms with E-state index in [4.69, 9.17) is 11.6 Å². The summed E-state index contributed by atoms with van der Waals surface area (Å²) in [5.74, 6) is 0.552. The number of carbonyl (C=O) groups excluding carboxylic acids is 1. The normalized spacial score (nSPS) is 18.9. The Morgan fingerprint density at radius 2 is 1.94 bits per heavy atom. The van der Waals surface area contributed by atoms with Crippen LogP contribution in [0.1, 0.15) is 40.0 Å². The first-order valence-corrected chi connectivity index (χ1v) is 7.51. The predicted octanol–water partition coefficient (Wildman–Crippen LogP) is 2.58. The number of halogens is 1. The summed E-state index contributed by atoms with van der Waals surface area (Å²) in [4.78, 5) is 16.7. The van der Waals surface area contributed by atoms with E-state index in [-0.39, 0.29) is 5.91 Å². The van der Waals surface area contributed by atoms with Crippen molar-refractivity contribution < 1.29 is 4.79 Å². The van der Waals surface area contributed by atoms with Gasteiger partial charge in [0.1, 0.15) is 0 Å². The summed E-state index contributed by atoms with van der Waals surface area (Å²) in [5, 5.41) is 0. The average molecular weight is 275 g/mol. The van der Waals surface area contributed by atoms with Crippen molar-refractivity contribution >= 4 is 17.5 Å². The van der Waals surface area contributed by atoms with Crippen LogP contribution in [0.4, 0.5) is 0 Å². The van der Waals surface area contributed by atoms with Crippen LogP contribution in [0.2, 0.25) is 0 Å². The van der Waals surface area contributed by atoms with Crippen LogP contribution in [0.5, 0.6) is 0 Å². The van der Waals surface area contributed by atoms with E-state index < -0.39 is 5.41 Å². The van der Waals surface area contributed by atoms with Gasteiger partial charge in [-0.1, -0.05) is 6.92 Å². The molecular formula is C14H27ClN2O. The monoisotopic (exact) mass is 274 g/mol. The molecule has 0 N–H and O–H groups in total. The summed E-state index contributed by atoms with van der Waals surface area (Å²) >= 11 is 5.88. The summed E-state index contributed by atoms with van der Waals surface area (Å²) in [5.41, 5.74) is -0.448. The number of hydrogen-bond acceptors (Lipinski definition) is 2. The van der Waals surface area contributed by atoms with Gasteiger partial charge >= 0.3 is 0 Å². The van der Waals surface area contributed by atoms with E-state index in [1.165, 1.54) is 13.0 Å². The zero-order chi connectivity index (χ0) is 13.8. The molecule has 0 aromatic carbocycles. The van der Waals surface area contributed by atoms with Crippen molar-refractivity contribution in [3.05, 3.63) is 0 Å². The highest BCUT2D eigenvalue weighted by molar-refractivity contribution is 6.19. The van der Waals surface area contributed by atoms with Crippen molar-refractivity contribution in [2.45, 2.75) is 46.1 Å². The zero-order valence-electron chi connectivity index (χ0n) is 12.2. The second kappa shape index (κ2) is 6.76. The van der Waals surface area contributed by atoms with E-state index in [1.807, 2.05) is 25.8 Å². The fourth-order valence-corrected chi connectivity index (χ4v) is 2.66. The van der Waals surface area contributed by atoms with E-state index in [0.29, 0.717) is 11.9 Å². The van der Waals surface area contributed by atoms with Crippen molar-refractivity contribution in [1.82, 2.24) is 9.80 Å². The Kier molecular flexibility index (Phi) is 5.93. The molecule has 0 atom stereocenters. The largest absolute Gasteiger partial charge is 0.342 e. The van der Waals surface area contributed by atoms with Crippen LogP contribution >= 0.6 is 11.6 Å². The maximum Gasteiger partial charge on any atom is 0.229 e. The zero-order valence-corrected chi connectivity index (χ0v) is 13.0. The van der Waals surface area contributed by atoms with Gasteiger partial charge in [0.2, 0.25) is 5.91 Å². The average Bonchev–Trinajstić information content (AvgIpc) is 2.38. The molecule has 0 spiro atoms. The van der Waals surface area contributed by atoms with Crippen LogP contribution in [-0.2, 0) is 4.79 Å². The molecule has 1 heterocycles. The lowest BCUT2D eigenvalue weighted by molar-refractivity contribution is -0.140. The maximum atomic E-state index is 12.3. The summed E-state index contributed by atoms with van der Waals surface area (Å²) < 4.78 is 0. The predicted molar refractivity (Wildman–Crippen MR) is 77.0 cm³/mol. The number of amides is 1. The molecule has 0 aromatic rings. The van der Waals surface area contributed by atoms with E-state index in [9.17, 15) is 4.79 Å². The summed E-state index contributed by atoms with van der Waals surface area (Å²) in [6.45, 7) is 9.45. The molecule has 106 valence electrons. The molecule has 0 unspecified atom stereocenters. The van der Waals surface area contributed by atoms with Crippen molar-refractivity contribution in [2.75, 3.05) is 32.6 Å². The van der Waals surface area contributed by atoms with Crippen molar-refractivity contribution in [2.24, 2.45) is 5.41 Å². The van der Waals surface area contributed by atoms with E-state index >= 15 is 0 Å². The smallest absolute Gasteiger partial charge is 0.229 e. The van der Waals surface area contributed by atoms with Gasteiger partial charge in [0.25, 0.3) is 0 Å². The van der Waals surface area contributed by atoms with Crippen molar-refractivity contribution in [3.8, 4) is 0 Å². The molecule has 4 heteroatoms. The van der Waals surface area contributed by atoms with Gasteiger partial charge < -0.3 is 9.80 Å². The van der Waals surface area contributed by atoms with Crippen molar-refractivity contribution in [3.63, 3.8) is 0 Å². The standard InChI is InChI=1S/C14H27ClN2O/c1-5-8-17-9-6-12(7-10-17)16(4)13(18)14(2,3)11-15/h12H,5-11H2,1-4H3. The Bertz CT molecular complexity index is 273. The Hall–Kier alpha value is -0.280. The fourth-order valence-electron chi connectivity index (χ4n) is 2.55. The third kappa shape index (κ3) is 3.86. The van der Waals surface area contributed by atoms with Gasteiger partial charge in [-0.3, -0.25) is 4.79 Å². The maximum absolute atomic E-state index is 12.3. The van der Waals surface area contributed by atoms with E-state index in [2.05, 4.69) is 11.8 Å². The first-order chi connectivity index (χ1) is 8.42. The molecule has 1 fully saturated rings. The first kappa shape index (κ1) is 15.8. The van der Waals surface area contributed by atoms with Gasteiger partial charge in [0, 0.05) is 32.1 Å². The minimum atomic E-state index is -0.448. The molecule has 1 aliphatic heterocycles. The summed E-state index contributed by atoms with van der Waals surface area (Å²) in [6.07, 6.45) is 3.37. The number of likely N-dealkylation sites (tertiary alicyclic amines) is 1. The number of piperidine rings is 1. The van der Waals surface area contributed by atoms with Crippen LogP contribution < -0.4 is 0 Å². The lowest BCUT2D eigenvalue weighted by Crippen LogP contribution is -2.49. The molecule has 18 heavy (non-hydrogen) atoms. The second-order valence-corrected chi connectivity index (χ2v) is 6.27. The third-order valence-electron chi connectivity index (χ3n) is 3.88. The molecule has 0 saturated carbocycles. The number of alkyl halides is 1. The van der Waals surface area contributed by atoms with Gasteiger partial charge in [0.15, 0.2) is 0 Å². The highest BCUT2D eigenvalue weighted by Gasteiger charge is 2.33. The van der Waals surface area contributed by atoms with Crippen LogP contribution in [0.15, 0.2) is 0 Å². The molecule has 1 aliphatic rings. The Morgan fingerprint density at radius 3 is 2.39 bits per heavy atom. The Labute approximate surface area is 116 Å². The summed E-state index contributed by atoms with van der Waals surface area (Å²) in [6, 6.07) is 0.382. The third-order valence-corrected chi connectivity index (χ3v) is 4.55. The number of nitrogens with zero attached hydrogens (tertiary/aromatic N) is 2. The van der Waals surface area contributed by atoms with Gasteiger partial charge in [-0.15, -0.1) is 11.6 Å². The lowest BCUT2D eigenvalue weighted by Gasteiger charge is -2.39. The minimum Gasteiger partial charge on any atom is -0.342 e. The van der Waals surface area contributed by atoms with Crippen molar-refractivity contribution in [1.29, 1.82) is 0 Å². The van der Waals surface area contributed by atoms with E-state index in [0.717, 1.165) is 25.9 Å². The van der Waals surface area contributed by atoms with Gasteiger partial charge in [0.05, 0.1) is 5.41 Å². The summed E-state index contributed by atoms with van der Waals surface area (Å²) in [7, 11) is 1.93. The van der Waals surface area contributed by atoms with Gasteiger partial charge in [-0.25, -0.2) is 0 Å². The van der Waals surface area contributed by atoms with Crippen LogP contribution in [0, 0.1) is 5.41 Å². The number of hydrogen-bond donors (Lipinski definition) is 0. The molecule has 3 nitrogen and oxygen atoms in total. The molecule has 0 aromatic heterocycles. The molecule has 1 saturated heterocycles. The molecule has 1 rings (SSSR count). The van der Waals surface area contributed by atoms with Gasteiger partial charge in [-0.05, 0) is 39.7 Å². The Morgan fingerprint density at radius 1 is 1.39 bits per heavy atom. The van der Waals surface area contributed by atoms with Gasteiger partial charge in [-0.2, -0.15) is 0 Å². The quantitative estimate of drug-likeness (QED) is 0.720. The minimum absolute atomic E-state index is 0.173. The van der Waals surface area contributed by atoms with E-state index in [1.54, 1.807) is 0 Å². The fraction of sp³-hybridized carbons (Fsp3) is 0.929. The van der Waals surface area contributed by atoms with Crippen LogP contribution in [-0.4, -0.2) is 54.3 Å². The van der Waals surface area contributed by atoms with Crippen LogP contribution in [0.3, 0.4) is 0 Å². The Balaban J connectivity index is 2.49. The first-order valence-electron chi connectivity index (χ1n) is 6.98. The molecule has 1 amide bonds.